The number of ether oxygens (including phenoxy) is 3. The molecule has 2 amide bonds. The van der Waals surface area contributed by atoms with E-state index in [0.717, 1.165) is 25.7 Å². The van der Waals surface area contributed by atoms with Crippen LogP contribution in [0.2, 0.25) is 0 Å². The molecule has 0 aliphatic heterocycles. The third kappa shape index (κ3) is 42.0. The van der Waals surface area contributed by atoms with Crippen molar-refractivity contribution in [3.63, 3.8) is 0 Å². The van der Waals surface area contributed by atoms with Crippen LogP contribution in [0.4, 0.5) is 0 Å². The molecule has 2 N–H and O–H groups in total. The number of carbonyl (C=O) groups excluding carboxylic acids is 2. The molecule has 0 fully saturated rings. The van der Waals surface area contributed by atoms with Crippen molar-refractivity contribution in [1.29, 1.82) is 0 Å². The van der Waals surface area contributed by atoms with Crippen LogP contribution < -0.4 is 10.6 Å². The van der Waals surface area contributed by atoms with E-state index < -0.39 is 0 Å². The number of rotatable bonds is 44. The molecule has 54 heavy (non-hydrogen) atoms. The van der Waals surface area contributed by atoms with Crippen LogP contribution in [0, 0.1) is 0 Å². The van der Waals surface area contributed by atoms with Crippen molar-refractivity contribution in [3.8, 4) is 0 Å². The summed E-state index contributed by atoms with van der Waals surface area (Å²) in [7, 11) is 0. The number of unbranched alkanes of at least 4 members (excludes halogenated alkanes) is 28. The van der Waals surface area contributed by atoms with Gasteiger partial charge in [0.25, 0.3) is 0 Å². The Balaban J connectivity index is 3.50. The third-order valence-corrected chi connectivity index (χ3v) is 10.5. The highest BCUT2D eigenvalue weighted by atomic mass is 16.5. The second kappa shape index (κ2) is 43.0. The number of nitrogens with one attached hydrogen (secondary N) is 2. The minimum Gasteiger partial charge on any atom is -0.377 e. The molecule has 3 atom stereocenters. The van der Waals surface area contributed by atoms with Crippen molar-refractivity contribution >= 4 is 11.8 Å². The van der Waals surface area contributed by atoms with E-state index in [1.54, 1.807) is 0 Å². The molecule has 0 rings (SSSR count). The maximum atomic E-state index is 12.3. The summed E-state index contributed by atoms with van der Waals surface area (Å²) >= 11 is 0. The second-order valence-electron chi connectivity index (χ2n) is 16.6. The predicted octanol–water partition coefficient (Wildman–Crippen LogP) is 13.0. The van der Waals surface area contributed by atoms with Gasteiger partial charge in [0.05, 0.1) is 39.1 Å². The lowest BCUT2D eigenvalue weighted by Gasteiger charge is -2.18. The molecule has 0 heterocycles. The molecule has 0 saturated heterocycles. The monoisotopic (exact) mass is 767 g/mol. The van der Waals surface area contributed by atoms with E-state index in [1.165, 1.54) is 167 Å². The normalized spacial score (nSPS) is 13.2. The number of carbonyl (C=O) groups is 2. The van der Waals surface area contributed by atoms with Gasteiger partial charge in [0, 0.05) is 24.9 Å². The average Bonchev–Trinajstić information content (AvgIpc) is 3.14. The van der Waals surface area contributed by atoms with Crippen molar-refractivity contribution in [3.05, 3.63) is 0 Å². The standard InChI is InChI=1S/C47H94N2O5/c1-6-8-10-12-14-16-18-20-22-24-26-28-30-32-34-36-46(50)48-43(3)40-52-38-39-54-45(5)42-53-41-44(4)49-47(51)37-35-33-31-29-27-25-23-21-19-17-15-13-11-9-7-2/h43-45H,6-42H2,1-5H3,(H,48,50)(H,49,51). The summed E-state index contributed by atoms with van der Waals surface area (Å²) in [5.74, 6) is 0.246. The Labute approximate surface area is 336 Å². The summed E-state index contributed by atoms with van der Waals surface area (Å²) in [6, 6.07) is -0.0224. The van der Waals surface area contributed by atoms with Gasteiger partial charge < -0.3 is 24.8 Å². The Morgan fingerprint density at radius 1 is 0.389 bits per heavy atom. The van der Waals surface area contributed by atoms with Crippen LogP contribution in [0.3, 0.4) is 0 Å². The topological polar surface area (TPSA) is 85.9 Å². The maximum Gasteiger partial charge on any atom is 0.220 e. The van der Waals surface area contributed by atoms with E-state index in [-0.39, 0.29) is 30.0 Å². The first-order chi connectivity index (χ1) is 26.4. The van der Waals surface area contributed by atoms with Crippen LogP contribution in [0.1, 0.15) is 240 Å². The molecular formula is C47H94N2O5. The molecular weight excluding hydrogens is 673 g/mol. The van der Waals surface area contributed by atoms with Crippen LogP contribution >= 0.6 is 0 Å². The average molecular weight is 767 g/mol. The minimum atomic E-state index is -0.0520. The van der Waals surface area contributed by atoms with Gasteiger partial charge in [0.1, 0.15) is 0 Å². The Hall–Kier alpha value is -1.18. The predicted molar refractivity (Wildman–Crippen MR) is 231 cm³/mol. The van der Waals surface area contributed by atoms with E-state index in [2.05, 4.69) is 24.5 Å². The van der Waals surface area contributed by atoms with Crippen LogP contribution in [-0.2, 0) is 23.8 Å². The van der Waals surface area contributed by atoms with E-state index in [1.807, 2.05) is 20.8 Å². The zero-order valence-electron chi connectivity index (χ0n) is 36.9. The summed E-state index contributed by atoms with van der Waals surface area (Å²) in [6.45, 7) is 12.9. The molecule has 0 aromatic rings. The lowest BCUT2D eigenvalue weighted by Crippen LogP contribution is -2.36. The van der Waals surface area contributed by atoms with E-state index in [9.17, 15) is 9.59 Å². The zero-order valence-corrected chi connectivity index (χ0v) is 36.9. The Morgan fingerprint density at radius 2 is 0.685 bits per heavy atom. The first-order valence-corrected chi connectivity index (χ1v) is 23.7. The summed E-state index contributed by atoms with van der Waals surface area (Å²) < 4.78 is 17.3. The van der Waals surface area contributed by atoms with Crippen molar-refractivity contribution in [2.24, 2.45) is 0 Å². The fourth-order valence-corrected chi connectivity index (χ4v) is 7.12. The fourth-order valence-electron chi connectivity index (χ4n) is 7.12. The summed E-state index contributed by atoms with van der Waals surface area (Å²) in [5.41, 5.74) is 0. The molecule has 0 bridgehead atoms. The van der Waals surface area contributed by atoms with Gasteiger partial charge in [-0.3, -0.25) is 9.59 Å². The van der Waals surface area contributed by atoms with Gasteiger partial charge in [-0.2, -0.15) is 0 Å². The Bertz CT molecular complexity index is 781. The molecule has 0 aromatic carbocycles. The molecule has 7 nitrogen and oxygen atoms in total. The van der Waals surface area contributed by atoms with Gasteiger partial charge >= 0.3 is 0 Å². The molecule has 0 saturated carbocycles. The molecule has 0 aromatic heterocycles. The lowest BCUT2D eigenvalue weighted by molar-refractivity contribution is -0.123. The molecule has 0 aliphatic rings. The molecule has 7 heteroatoms. The van der Waals surface area contributed by atoms with Crippen LogP contribution in [0.25, 0.3) is 0 Å². The van der Waals surface area contributed by atoms with Gasteiger partial charge in [-0.15, -0.1) is 0 Å². The van der Waals surface area contributed by atoms with Gasteiger partial charge in [-0.25, -0.2) is 0 Å². The SMILES string of the molecule is CCCCCCCCCCCCCCCCCC(=O)NC(C)COCCOC(C)COCC(C)NC(=O)CCCCCCCCCCCCCCCCC. The van der Waals surface area contributed by atoms with Crippen LogP contribution in [0.15, 0.2) is 0 Å². The summed E-state index contributed by atoms with van der Waals surface area (Å²) in [6.07, 6.45) is 41.1. The second-order valence-corrected chi connectivity index (χ2v) is 16.6. The van der Waals surface area contributed by atoms with Gasteiger partial charge in [-0.1, -0.05) is 194 Å². The number of hydrogen-bond donors (Lipinski definition) is 2. The maximum absolute atomic E-state index is 12.3. The molecule has 3 unspecified atom stereocenters. The Kier molecular flexibility index (Phi) is 42.0. The highest BCUT2D eigenvalue weighted by molar-refractivity contribution is 5.76. The quantitative estimate of drug-likeness (QED) is 0.0603. The minimum absolute atomic E-state index is 0.00879. The van der Waals surface area contributed by atoms with E-state index in [0.29, 0.717) is 45.9 Å². The fraction of sp³-hybridized carbons (Fsp3) is 0.957. The van der Waals surface area contributed by atoms with Gasteiger partial charge in [-0.05, 0) is 33.6 Å². The van der Waals surface area contributed by atoms with Crippen molar-refractivity contribution < 1.29 is 23.8 Å². The molecule has 0 spiro atoms. The smallest absolute Gasteiger partial charge is 0.220 e. The number of amides is 2. The van der Waals surface area contributed by atoms with Crippen molar-refractivity contribution in [1.82, 2.24) is 10.6 Å². The van der Waals surface area contributed by atoms with Crippen LogP contribution in [-0.4, -0.2) is 63.0 Å². The molecule has 0 radical (unpaired) electrons. The van der Waals surface area contributed by atoms with Crippen molar-refractivity contribution in [2.45, 2.75) is 258 Å². The summed E-state index contributed by atoms with van der Waals surface area (Å²) in [4.78, 5) is 24.6. The van der Waals surface area contributed by atoms with E-state index in [4.69, 9.17) is 14.2 Å². The van der Waals surface area contributed by atoms with Gasteiger partial charge in [0.2, 0.25) is 11.8 Å². The zero-order chi connectivity index (χ0) is 39.6. The first kappa shape index (κ1) is 52.8. The highest BCUT2D eigenvalue weighted by Gasteiger charge is 2.10. The van der Waals surface area contributed by atoms with Crippen LogP contribution in [0.5, 0.6) is 0 Å². The molecule has 322 valence electrons. The summed E-state index contributed by atoms with van der Waals surface area (Å²) in [5, 5.41) is 6.13. The lowest BCUT2D eigenvalue weighted by atomic mass is 10.0. The van der Waals surface area contributed by atoms with Crippen molar-refractivity contribution in [2.75, 3.05) is 33.0 Å². The number of hydrogen-bond acceptors (Lipinski definition) is 5. The van der Waals surface area contributed by atoms with E-state index >= 15 is 0 Å². The molecule has 0 aliphatic carbocycles. The van der Waals surface area contributed by atoms with Gasteiger partial charge in [0.15, 0.2) is 0 Å². The first-order valence-electron chi connectivity index (χ1n) is 23.7. The largest absolute Gasteiger partial charge is 0.377 e. The Morgan fingerprint density at radius 3 is 1.02 bits per heavy atom. The highest BCUT2D eigenvalue weighted by Crippen LogP contribution is 2.15. The third-order valence-electron chi connectivity index (χ3n) is 10.5.